The molecular weight excluding hydrogens is 525 g/mol. The van der Waals surface area contributed by atoms with Crippen molar-refractivity contribution >= 4 is 69.5 Å². The molecule has 1 amide bonds. The normalized spacial score (nSPS) is 24.6. The highest BCUT2D eigenvalue weighted by Gasteiger charge is 2.30. The molecule has 12 heteroatoms. The van der Waals surface area contributed by atoms with Gasteiger partial charge in [-0.3, -0.25) is 9.36 Å². The van der Waals surface area contributed by atoms with Crippen molar-refractivity contribution in [3.8, 4) is 0 Å². The number of carbonyl (C=O) groups excluding carboxylic acids is 1. The van der Waals surface area contributed by atoms with Crippen molar-refractivity contribution in [2.45, 2.75) is 69.6 Å². The van der Waals surface area contributed by atoms with Crippen molar-refractivity contribution in [2.24, 2.45) is 11.7 Å². The lowest BCUT2D eigenvalue weighted by Gasteiger charge is -2.29. The fraction of sp³-hybridized carbons (Fsp3) is 0.500. The SMILES string of the molecule is NC(=O)C1CCC(n2c(Nc3c(Cl)cc(Cl)cc3Cl)nc3cnc(NC4CCCC(O)C4)nc32)CC1. The summed E-state index contributed by atoms with van der Waals surface area (Å²) >= 11 is 19.0. The van der Waals surface area contributed by atoms with E-state index in [1.165, 1.54) is 0 Å². The maximum absolute atomic E-state index is 11.7. The van der Waals surface area contributed by atoms with E-state index >= 15 is 0 Å². The van der Waals surface area contributed by atoms with Crippen LogP contribution >= 0.6 is 34.8 Å². The molecule has 0 bridgehead atoms. The fourth-order valence-corrected chi connectivity index (χ4v) is 6.18. The lowest BCUT2D eigenvalue weighted by atomic mass is 9.85. The minimum atomic E-state index is -0.310. The largest absolute Gasteiger partial charge is 0.393 e. The molecule has 36 heavy (non-hydrogen) atoms. The molecule has 2 aliphatic carbocycles. The summed E-state index contributed by atoms with van der Waals surface area (Å²) < 4.78 is 2.04. The first-order valence-corrected chi connectivity index (χ1v) is 13.3. The Morgan fingerprint density at radius 2 is 1.78 bits per heavy atom. The first-order chi connectivity index (χ1) is 17.3. The quantitative estimate of drug-likeness (QED) is 0.319. The Kier molecular flexibility index (Phi) is 7.44. The number of fused-ring (bicyclic) bond motifs is 1. The molecule has 0 aliphatic heterocycles. The summed E-state index contributed by atoms with van der Waals surface area (Å²) in [5.74, 6) is 0.628. The molecule has 2 aromatic heterocycles. The van der Waals surface area contributed by atoms with E-state index in [1.54, 1.807) is 18.3 Å². The third-order valence-corrected chi connectivity index (χ3v) is 7.93. The van der Waals surface area contributed by atoms with E-state index < -0.39 is 0 Å². The second kappa shape index (κ2) is 10.6. The fourth-order valence-electron chi connectivity index (χ4n) is 5.26. The summed E-state index contributed by atoms with van der Waals surface area (Å²) in [6.45, 7) is 0. The summed E-state index contributed by atoms with van der Waals surface area (Å²) in [7, 11) is 0. The van der Waals surface area contributed by atoms with Gasteiger partial charge in [-0.2, -0.15) is 4.98 Å². The Labute approximate surface area is 223 Å². The van der Waals surface area contributed by atoms with Crippen LogP contribution in [0.2, 0.25) is 15.1 Å². The summed E-state index contributed by atoms with van der Waals surface area (Å²) in [4.78, 5) is 25.8. The van der Waals surface area contributed by atoms with Crippen molar-refractivity contribution < 1.29 is 9.90 Å². The first kappa shape index (κ1) is 25.3. The number of carbonyl (C=O) groups is 1. The van der Waals surface area contributed by atoms with Gasteiger partial charge in [-0.25, -0.2) is 9.97 Å². The minimum absolute atomic E-state index is 0.0391. The van der Waals surface area contributed by atoms with Crippen LogP contribution in [-0.2, 0) is 4.79 Å². The number of anilines is 3. The molecule has 3 aromatic rings. The number of hydrogen-bond acceptors (Lipinski definition) is 7. The number of rotatable bonds is 6. The Morgan fingerprint density at radius 3 is 2.44 bits per heavy atom. The van der Waals surface area contributed by atoms with Crippen molar-refractivity contribution in [3.63, 3.8) is 0 Å². The number of nitrogens with two attached hydrogens (primary N) is 1. The number of aliphatic hydroxyl groups excluding tert-OH is 1. The van der Waals surface area contributed by atoms with E-state index in [0.29, 0.717) is 63.1 Å². The number of nitrogens with zero attached hydrogens (tertiary/aromatic N) is 4. The average Bonchev–Trinajstić information content (AvgIpc) is 3.18. The third kappa shape index (κ3) is 5.34. The van der Waals surface area contributed by atoms with E-state index in [2.05, 4.69) is 15.6 Å². The van der Waals surface area contributed by atoms with Crippen LogP contribution < -0.4 is 16.4 Å². The highest BCUT2D eigenvalue weighted by atomic mass is 35.5. The van der Waals surface area contributed by atoms with Crippen LogP contribution in [0, 0.1) is 5.92 Å². The summed E-state index contributed by atoms with van der Waals surface area (Å²) in [6.07, 6.45) is 7.65. The monoisotopic (exact) mass is 551 g/mol. The molecule has 192 valence electrons. The molecule has 0 saturated heterocycles. The zero-order valence-corrected chi connectivity index (χ0v) is 21.8. The molecule has 2 saturated carbocycles. The van der Waals surface area contributed by atoms with Crippen LogP contribution in [0.4, 0.5) is 17.6 Å². The molecule has 9 nitrogen and oxygen atoms in total. The van der Waals surface area contributed by atoms with E-state index in [4.69, 9.17) is 50.5 Å². The van der Waals surface area contributed by atoms with Crippen LogP contribution in [0.3, 0.4) is 0 Å². The Hall–Kier alpha value is -2.33. The van der Waals surface area contributed by atoms with Gasteiger partial charge in [0, 0.05) is 23.0 Å². The zero-order chi connectivity index (χ0) is 25.4. The maximum atomic E-state index is 11.7. The lowest BCUT2D eigenvalue weighted by Crippen LogP contribution is -2.30. The highest BCUT2D eigenvalue weighted by molar-refractivity contribution is 6.41. The third-order valence-electron chi connectivity index (χ3n) is 7.12. The van der Waals surface area contributed by atoms with Gasteiger partial charge in [0.2, 0.25) is 17.8 Å². The van der Waals surface area contributed by atoms with Gasteiger partial charge in [-0.15, -0.1) is 0 Å². The van der Waals surface area contributed by atoms with E-state index in [0.717, 1.165) is 32.1 Å². The van der Waals surface area contributed by atoms with Gasteiger partial charge in [0.1, 0.15) is 5.52 Å². The van der Waals surface area contributed by atoms with Gasteiger partial charge in [-0.1, -0.05) is 34.8 Å². The van der Waals surface area contributed by atoms with Gasteiger partial charge in [0.05, 0.1) is 28.0 Å². The van der Waals surface area contributed by atoms with Gasteiger partial charge >= 0.3 is 0 Å². The van der Waals surface area contributed by atoms with Crippen LogP contribution in [0.25, 0.3) is 11.2 Å². The number of imidazole rings is 1. The predicted molar refractivity (Wildman–Crippen MR) is 142 cm³/mol. The van der Waals surface area contributed by atoms with Crippen LogP contribution in [0.15, 0.2) is 18.3 Å². The number of aliphatic hydroxyl groups is 1. The van der Waals surface area contributed by atoms with Crippen LogP contribution in [0.1, 0.15) is 57.4 Å². The van der Waals surface area contributed by atoms with Gasteiger partial charge in [0.15, 0.2) is 5.65 Å². The molecule has 2 unspecified atom stereocenters. The maximum Gasteiger partial charge on any atom is 0.224 e. The summed E-state index contributed by atoms with van der Waals surface area (Å²) in [6, 6.07) is 3.38. The Morgan fingerprint density at radius 1 is 1.06 bits per heavy atom. The van der Waals surface area contributed by atoms with Crippen molar-refractivity contribution in [1.29, 1.82) is 0 Å². The van der Waals surface area contributed by atoms with E-state index in [1.807, 2.05) is 4.57 Å². The molecule has 2 atom stereocenters. The number of amides is 1. The number of halogens is 3. The smallest absolute Gasteiger partial charge is 0.224 e. The summed E-state index contributed by atoms with van der Waals surface area (Å²) in [5.41, 5.74) is 7.33. The molecule has 0 spiro atoms. The zero-order valence-electron chi connectivity index (χ0n) is 19.6. The van der Waals surface area contributed by atoms with Crippen LogP contribution in [-0.4, -0.2) is 42.7 Å². The molecule has 5 rings (SSSR count). The van der Waals surface area contributed by atoms with Crippen molar-refractivity contribution in [1.82, 2.24) is 19.5 Å². The number of primary amides is 1. The van der Waals surface area contributed by atoms with E-state index in [-0.39, 0.29) is 30.0 Å². The lowest BCUT2D eigenvalue weighted by molar-refractivity contribution is -0.122. The predicted octanol–water partition coefficient (Wildman–Crippen LogP) is 5.46. The van der Waals surface area contributed by atoms with Gasteiger partial charge in [0.25, 0.3) is 0 Å². The highest BCUT2D eigenvalue weighted by Crippen LogP contribution is 2.40. The standard InChI is InChI=1S/C24H28Cl3N7O2/c25-13-8-17(26)20(18(27)9-13)32-24-31-19-11-29-23(30-14-2-1-3-16(35)10-14)33-22(19)34(24)15-6-4-12(5-7-15)21(28)36/h8-9,11-12,14-16,35H,1-7,10H2,(H2,28,36)(H,31,32)(H,29,30,33). The number of benzene rings is 1. The van der Waals surface area contributed by atoms with Crippen LogP contribution in [0.5, 0.6) is 0 Å². The van der Waals surface area contributed by atoms with E-state index in [9.17, 15) is 9.90 Å². The molecule has 1 aromatic carbocycles. The molecular formula is C24H28Cl3N7O2. The number of nitrogens with one attached hydrogen (secondary N) is 2. The molecule has 2 heterocycles. The summed E-state index contributed by atoms with van der Waals surface area (Å²) in [5, 5.41) is 17.9. The molecule has 0 radical (unpaired) electrons. The Balaban J connectivity index is 1.51. The average molecular weight is 553 g/mol. The van der Waals surface area contributed by atoms with Gasteiger partial charge in [-0.05, 0) is 63.5 Å². The second-order valence-electron chi connectivity index (χ2n) is 9.65. The number of aromatic nitrogens is 4. The van der Waals surface area contributed by atoms with Crippen molar-refractivity contribution in [2.75, 3.05) is 10.6 Å². The topological polar surface area (TPSA) is 131 Å². The molecule has 2 fully saturated rings. The first-order valence-electron chi connectivity index (χ1n) is 12.2. The van der Waals surface area contributed by atoms with Gasteiger partial charge < -0.3 is 21.5 Å². The van der Waals surface area contributed by atoms with Crippen molar-refractivity contribution in [3.05, 3.63) is 33.4 Å². The number of hydrogen-bond donors (Lipinski definition) is 4. The second-order valence-corrected chi connectivity index (χ2v) is 10.9. The Bertz CT molecular complexity index is 1250. The molecule has 5 N–H and O–H groups in total. The molecule has 2 aliphatic rings. The minimum Gasteiger partial charge on any atom is -0.393 e.